The molecule has 0 amide bonds. The number of likely N-dealkylation sites (tertiary alicyclic amines) is 1. The van der Waals surface area contributed by atoms with E-state index in [1.165, 1.54) is 51.9 Å². The van der Waals surface area contributed by atoms with Crippen molar-refractivity contribution in [2.45, 2.75) is 59.4 Å². The van der Waals surface area contributed by atoms with Gasteiger partial charge in [-0.25, -0.2) is 0 Å². The Morgan fingerprint density at radius 3 is 2.50 bits per heavy atom. The van der Waals surface area contributed by atoms with Crippen LogP contribution in [0.2, 0.25) is 0 Å². The zero-order valence-corrected chi connectivity index (χ0v) is 15.8. The Hall–Kier alpha value is -0.350. The molecule has 2 fully saturated rings. The first-order valence-electron chi connectivity index (χ1n) is 9.28. The highest BCUT2D eigenvalue weighted by Crippen LogP contribution is 2.25. The quantitative estimate of drug-likeness (QED) is 0.723. The van der Waals surface area contributed by atoms with E-state index in [1.54, 1.807) is 0 Å². The normalized spacial score (nSPS) is 25.8. The van der Waals surface area contributed by atoms with Gasteiger partial charge in [-0.2, -0.15) is 0 Å². The molecule has 4 heteroatoms. The Bertz CT molecular complexity index is 350. The number of hydrogen-bond acceptors (Lipinski definition) is 2. The standard InChI is InChI=1S/C18H35N3S/c1-5-15(4)17-12-19-18(22)21(17)13-16-7-10-20(11-8-16)9-6-14(2)3/h14-17H,5-13H2,1-4H3,(H,19,22)/t15-,17+/m0/s1. The number of nitrogens with one attached hydrogen (secondary N) is 1. The highest BCUT2D eigenvalue weighted by atomic mass is 32.1. The zero-order chi connectivity index (χ0) is 16.1. The molecule has 0 aromatic heterocycles. The minimum absolute atomic E-state index is 0.608. The van der Waals surface area contributed by atoms with Gasteiger partial charge >= 0.3 is 0 Å². The van der Waals surface area contributed by atoms with Crippen molar-refractivity contribution in [2.75, 3.05) is 32.7 Å². The SMILES string of the molecule is CC[C@H](C)[C@H]1CNC(=S)N1CC1CCN(CCC(C)C)CC1. The Labute approximate surface area is 142 Å². The van der Waals surface area contributed by atoms with Crippen LogP contribution in [-0.4, -0.2) is 53.7 Å². The Morgan fingerprint density at radius 1 is 1.23 bits per heavy atom. The van der Waals surface area contributed by atoms with Gasteiger partial charge in [-0.3, -0.25) is 0 Å². The fourth-order valence-corrected chi connectivity index (χ4v) is 3.96. The van der Waals surface area contributed by atoms with Gasteiger partial charge < -0.3 is 15.1 Å². The van der Waals surface area contributed by atoms with Crippen molar-refractivity contribution in [3.05, 3.63) is 0 Å². The largest absolute Gasteiger partial charge is 0.360 e. The zero-order valence-electron chi connectivity index (χ0n) is 15.0. The molecule has 0 radical (unpaired) electrons. The number of rotatable bonds is 7. The van der Waals surface area contributed by atoms with Gasteiger partial charge in [0.1, 0.15) is 0 Å². The molecule has 3 nitrogen and oxygen atoms in total. The van der Waals surface area contributed by atoms with E-state index in [4.69, 9.17) is 12.2 Å². The average molecular weight is 326 g/mol. The lowest BCUT2D eigenvalue weighted by atomic mass is 9.93. The highest BCUT2D eigenvalue weighted by molar-refractivity contribution is 7.80. The van der Waals surface area contributed by atoms with Crippen LogP contribution in [0.4, 0.5) is 0 Å². The van der Waals surface area contributed by atoms with E-state index in [2.05, 4.69) is 42.8 Å². The van der Waals surface area contributed by atoms with E-state index in [0.29, 0.717) is 6.04 Å². The van der Waals surface area contributed by atoms with Crippen molar-refractivity contribution >= 4 is 17.3 Å². The van der Waals surface area contributed by atoms with Gasteiger partial charge in [-0.1, -0.05) is 34.1 Å². The summed E-state index contributed by atoms with van der Waals surface area (Å²) in [6.45, 7) is 15.3. The molecule has 0 aromatic rings. The van der Waals surface area contributed by atoms with Gasteiger partial charge in [-0.05, 0) is 68.9 Å². The molecule has 2 atom stereocenters. The number of thiocarbonyl (C=S) groups is 1. The van der Waals surface area contributed by atoms with Gasteiger partial charge in [-0.15, -0.1) is 0 Å². The Kier molecular flexibility index (Phi) is 6.94. The maximum absolute atomic E-state index is 5.55. The highest BCUT2D eigenvalue weighted by Gasteiger charge is 2.33. The molecule has 0 spiro atoms. The molecule has 0 aliphatic carbocycles. The minimum Gasteiger partial charge on any atom is -0.360 e. The Morgan fingerprint density at radius 2 is 1.91 bits per heavy atom. The summed E-state index contributed by atoms with van der Waals surface area (Å²) in [5.41, 5.74) is 0. The smallest absolute Gasteiger partial charge is 0.169 e. The van der Waals surface area contributed by atoms with Crippen LogP contribution in [0.25, 0.3) is 0 Å². The van der Waals surface area contributed by atoms with Crippen molar-refractivity contribution in [3.63, 3.8) is 0 Å². The molecule has 0 aromatic carbocycles. The summed E-state index contributed by atoms with van der Waals surface area (Å²) in [7, 11) is 0. The molecule has 22 heavy (non-hydrogen) atoms. The summed E-state index contributed by atoms with van der Waals surface area (Å²) in [5, 5.41) is 4.41. The summed E-state index contributed by atoms with van der Waals surface area (Å²) < 4.78 is 0. The number of nitrogens with zero attached hydrogens (tertiary/aromatic N) is 2. The van der Waals surface area contributed by atoms with Crippen LogP contribution in [0.1, 0.15) is 53.4 Å². The van der Waals surface area contributed by atoms with E-state index in [0.717, 1.165) is 29.4 Å². The molecule has 2 saturated heterocycles. The molecule has 0 unspecified atom stereocenters. The van der Waals surface area contributed by atoms with E-state index in [1.807, 2.05) is 0 Å². The first-order chi connectivity index (χ1) is 10.5. The lowest BCUT2D eigenvalue weighted by Crippen LogP contribution is -2.44. The third-order valence-corrected chi connectivity index (χ3v) is 5.99. The fourth-order valence-electron chi connectivity index (χ4n) is 3.66. The van der Waals surface area contributed by atoms with Gasteiger partial charge in [0.2, 0.25) is 0 Å². The number of hydrogen-bond donors (Lipinski definition) is 1. The molecule has 128 valence electrons. The second-order valence-corrected chi connectivity index (χ2v) is 8.15. The summed E-state index contributed by atoms with van der Waals surface area (Å²) in [5.74, 6) is 2.36. The Balaban J connectivity index is 1.78. The fraction of sp³-hybridized carbons (Fsp3) is 0.944. The predicted molar refractivity (Wildman–Crippen MR) is 99.2 cm³/mol. The maximum atomic E-state index is 5.55. The summed E-state index contributed by atoms with van der Waals surface area (Å²) in [6.07, 6.45) is 5.24. The molecule has 0 saturated carbocycles. The molecule has 1 N–H and O–H groups in total. The van der Waals surface area contributed by atoms with Crippen LogP contribution < -0.4 is 5.32 Å². The molecular formula is C18H35N3S. The first-order valence-corrected chi connectivity index (χ1v) is 9.68. The van der Waals surface area contributed by atoms with Crippen LogP contribution in [0, 0.1) is 17.8 Å². The van der Waals surface area contributed by atoms with Crippen molar-refractivity contribution in [3.8, 4) is 0 Å². The summed E-state index contributed by atoms with van der Waals surface area (Å²) in [6, 6.07) is 0.608. The van der Waals surface area contributed by atoms with Crippen molar-refractivity contribution in [1.82, 2.24) is 15.1 Å². The van der Waals surface area contributed by atoms with E-state index in [-0.39, 0.29) is 0 Å². The van der Waals surface area contributed by atoms with Crippen LogP contribution >= 0.6 is 12.2 Å². The van der Waals surface area contributed by atoms with Crippen LogP contribution in [-0.2, 0) is 0 Å². The average Bonchev–Trinajstić information content (AvgIpc) is 2.87. The van der Waals surface area contributed by atoms with E-state index in [9.17, 15) is 0 Å². The topological polar surface area (TPSA) is 18.5 Å². The maximum Gasteiger partial charge on any atom is 0.169 e. The minimum atomic E-state index is 0.608. The van der Waals surface area contributed by atoms with Gasteiger partial charge in [0.25, 0.3) is 0 Å². The summed E-state index contributed by atoms with van der Waals surface area (Å²) in [4.78, 5) is 5.15. The molecule has 0 bridgehead atoms. The monoisotopic (exact) mass is 325 g/mol. The predicted octanol–water partition coefficient (Wildman–Crippen LogP) is 3.35. The van der Waals surface area contributed by atoms with E-state index >= 15 is 0 Å². The first kappa shape index (κ1) is 18.0. The lowest BCUT2D eigenvalue weighted by molar-refractivity contribution is 0.146. The summed E-state index contributed by atoms with van der Waals surface area (Å²) >= 11 is 5.55. The number of piperidine rings is 1. The van der Waals surface area contributed by atoms with E-state index < -0.39 is 0 Å². The molecule has 2 heterocycles. The molecule has 2 rings (SSSR count). The molecule has 2 aliphatic heterocycles. The van der Waals surface area contributed by atoms with Gasteiger partial charge in [0.15, 0.2) is 5.11 Å². The van der Waals surface area contributed by atoms with Crippen molar-refractivity contribution in [2.24, 2.45) is 17.8 Å². The van der Waals surface area contributed by atoms with Gasteiger partial charge in [0, 0.05) is 13.1 Å². The third kappa shape index (κ3) is 4.82. The lowest BCUT2D eigenvalue weighted by Gasteiger charge is -2.37. The van der Waals surface area contributed by atoms with Gasteiger partial charge in [0.05, 0.1) is 6.04 Å². The molecular weight excluding hydrogens is 290 g/mol. The molecule has 2 aliphatic rings. The second kappa shape index (κ2) is 8.49. The van der Waals surface area contributed by atoms with Crippen LogP contribution in [0.3, 0.4) is 0 Å². The van der Waals surface area contributed by atoms with Crippen LogP contribution in [0.5, 0.6) is 0 Å². The van der Waals surface area contributed by atoms with Crippen molar-refractivity contribution < 1.29 is 0 Å². The van der Waals surface area contributed by atoms with Crippen LogP contribution in [0.15, 0.2) is 0 Å². The third-order valence-electron chi connectivity index (χ3n) is 5.61. The van der Waals surface area contributed by atoms with Crippen molar-refractivity contribution in [1.29, 1.82) is 0 Å². The second-order valence-electron chi connectivity index (χ2n) is 7.76.